The number of carbonyl (C=O) groups excluding carboxylic acids is 1. The van der Waals surface area contributed by atoms with Gasteiger partial charge in [-0.25, -0.2) is 4.98 Å². The Morgan fingerprint density at radius 1 is 1.35 bits per heavy atom. The Kier molecular flexibility index (Phi) is 8.29. The lowest BCUT2D eigenvalue weighted by molar-refractivity contribution is -0.120. The Hall–Kier alpha value is -1.08. The van der Waals surface area contributed by atoms with Gasteiger partial charge in [0.1, 0.15) is 5.82 Å². The Labute approximate surface area is 128 Å². The van der Waals surface area contributed by atoms with Crippen molar-refractivity contribution in [1.82, 2.24) is 15.6 Å². The molecule has 0 aliphatic heterocycles. The molecule has 0 aliphatic carbocycles. The maximum atomic E-state index is 11.4. The van der Waals surface area contributed by atoms with E-state index in [-0.39, 0.29) is 12.5 Å². The Morgan fingerprint density at radius 2 is 2.15 bits per heavy atom. The average Bonchev–Trinajstić information content (AvgIpc) is 2.41. The Balaban J connectivity index is 2.13. The summed E-state index contributed by atoms with van der Waals surface area (Å²) in [6.07, 6.45) is 1.51. The summed E-state index contributed by atoms with van der Waals surface area (Å²) in [5.41, 5.74) is 0. The molecule has 0 radical (unpaired) electrons. The molecule has 1 rings (SSSR count). The third-order valence-corrected chi connectivity index (χ3v) is 2.81. The molecule has 1 aromatic heterocycles. The van der Waals surface area contributed by atoms with E-state index >= 15 is 0 Å². The van der Waals surface area contributed by atoms with Crippen LogP contribution in [0.15, 0.2) is 12.3 Å². The predicted molar refractivity (Wildman–Crippen MR) is 80.5 cm³/mol. The summed E-state index contributed by atoms with van der Waals surface area (Å²) in [5.74, 6) is 0.474. The van der Waals surface area contributed by atoms with Crippen molar-refractivity contribution in [2.75, 3.05) is 45.2 Å². The van der Waals surface area contributed by atoms with E-state index in [1.54, 1.807) is 13.2 Å². The van der Waals surface area contributed by atoms with Crippen molar-refractivity contribution in [3.63, 3.8) is 0 Å². The maximum Gasteiger partial charge on any atom is 0.234 e. The summed E-state index contributed by atoms with van der Waals surface area (Å²) in [6.45, 7) is 2.49. The van der Waals surface area contributed by atoms with Gasteiger partial charge in [-0.1, -0.05) is 23.2 Å². The number of anilines is 1. The van der Waals surface area contributed by atoms with Gasteiger partial charge in [0.2, 0.25) is 5.91 Å². The summed E-state index contributed by atoms with van der Waals surface area (Å²) < 4.78 is 4.86. The highest BCUT2D eigenvalue weighted by Crippen LogP contribution is 2.21. The van der Waals surface area contributed by atoms with Gasteiger partial charge in [-0.3, -0.25) is 4.79 Å². The molecule has 8 heteroatoms. The minimum Gasteiger partial charge on any atom is -0.383 e. The molecule has 0 unspecified atom stereocenters. The van der Waals surface area contributed by atoms with Crippen LogP contribution in [0.5, 0.6) is 0 Å². The largest absolute Gasteiger partial charge is 0.383 e. The fourth-order valence-corrected chi connectivity index (χ4v) is 1.81. The molecule has 1 aromatic rings. The third kappa shape index (κ3) is 6.91. The van der Waals surface area contributed by atoms with Crippen LogP contribution in [0, 0.1) is 0 Å². The molecule has 3 N–H and O–H groups in total. The summed E-state index contributed by atoms with van der Waals surface area (Å²) in [5, 5.41) is 9.66. The number of hydrogen-bond acceptors (Lipinski definition) is 5. The smallest absolute Gasteiger partial charge is 0.234 e. The van der Waals surface area contributed by atoms with Crippen LogP contribution in [0.4, 0.5) is 5.82 Å². The van der Waals surface area contributed by atoms with Gasteiger partial charge in [0.25, 0.3) is 0 Å². The minimum absolute atomic E-state index is 0.0712. The molecule has 1 heterocycles. The van der Waals surface area contributed by atoms with Gasteiger partial charge in [-0.2, -0.15) is 0 Å². The number of pyridine rings is 1. The summed E-state index contributed by atoms with van der Waals surface area (Å²) >= 11 is 11.7. The highest BCUT2D eigenvalue weighted by atomic mass is 35.5. The van der Waals surface area contributed by atoms with Gasteiger partial charge in [0, 0.05) is 32.9 Å². The Morgan fingerprint density at radius 3 is 2.85 bits per heavy atom. The van der Waals surface area contributed by atoms with E-state index in [0.29, 0.717) is 42.1 Å². The number of halogens is 2. The lowest BCUT2D eigenvalue weighted by Gasteiger charge is -2.09. The molecule has 112 valence electrons. The number of nitrogens with one attached hydrogen (secondary N) is 3. The van der Waals surface area contributed by atoms with Crippen LogP contribution in [0.3, 0.4) is 0 Å². The van der Waals surface area contributed by atoms with Gasteiger partial charge in [0.05, 0.1) is 23.2 Å². The second kappa shape index (κ2) is 9.77. The van der Waals surface area contributed by atoms with Crippen LogP contribution in [0.2, 0.25) is 10.0 Å². The van der Waals surface area contributed by atoms with Crippen molar-refractivity contribution in [3.05, 3.63) is 22.3 Å². The third-order valence-electron chi connectivity index (χ3n) is 2.32. The quantitative estimate of drug-likeness (QED) is 0.595. The topological polar surface area (TPSA) is 75.3 Å². The van der Waals surface area contributed by atoms with Crippen LogP contribution in [-0.2, 0) is 9.53 Å². The number of carbonyl (C=O) groups is 1. The lowest BCUT2D eigenvalue weighted by Crippen LogP contribution is -2.37. The zero-order valence-corrected chi connectivity index (χ0v) is 12.7. The van der Waals surface area contributed by atoms with Crippen LogP contribution in [0.1, 0.15) is 0 Å². The van der Waals surface area contributed by atoms with E-state index in [4.69, 9.17) is 27.9 Å². The first-order chi connectivity index (χ1) is 9.63. The zero-order chi connectivity index (χ0) is 14.8. The highest BCUT2D eigenvalue weighted by Gasteiger charge is 2.03. The van der Waals surface area contributed by atoms with E-state index in [2.05, 4.69) is 20.9 Å². The molecular weight excluding hydrogens is 303 g/mol. The second-order valence-corrected chi connectivity index (χ2v) is 4.77. The molecule has 0 bridgehead atoms. The van der Waals surface area contributed by atoms with E-state index in [9.17, 15) is 4.79 Å². The molecule has 1 amide bonds. The molecule has 20 heavy (non-hydrogen) atoms. The molecule has 0 saturated carbocycles. The predicted octanol–water partition coefficient (Wildman–Crippen LogP) is 1.15. The number of rotatable bonds is 9. The van der Waals surface area contributed by atoms with E-state index in [1.807, 2.05) is 0 Å². The number of aromatic nitrogens is 1. The normalized spacial score (nSPS) is 10.3. The number of nitrogens with zero attached hydrogens (tertiary/aromatic N) is 1. The average molecular weight is 321 g/mol. The maximum absolute atomic E-state index is 11.4. The first-order valence-corrected chi connectivity index (χ1v) is 6.90. The van der Waals surface area contributed by atoms with Crippen LogP contribution in [0.25, 0.3) is 0 Å². The summed E-state index contributed by atoms with van der Waals surface area (Å²) in [4.78, 5) is 15.5. The van der Waals surface area contributed by atoms with Crippen molar-refractivity contribution >= 4 is 34.9 Å². The van der Waals surface area contributed by atoms with Crippen molar-refractivity contribution in [1.29, 1.82) is 0 Å². The number of amides is 1. The van der Waals surface area contributed by atoms with Crippen molar-refractivity contribution in [3.8, 4) is 0 Å². The van der Waals surface area contributed by atoms with Crippen molar-refractivity contribution in [2.45, 2.75) is 0 Å². The second-order valence-electron chi connectivity index (χ2n) is 3.93. The fourth-order valence-electron chi connectivity index (χ4n) is 1.37. The first-order valence-electron chi connectivity index (χ1n) is 6.14. The van der Waals surface area contributed by atoms with E-state index in [1.165, 1.54) is 6.20 Å². The van der Waals surface area contributed by atoms with Crippen molar-refractivity contribution in [2.24, 2.45) is 0 Å². The molecule has 6 nitrogen and oxygen atoms in total. The van der Waals surface area contributed by atoms with Crippen LogP contribution in [-0.4, -0.2) is 50.8 Å². The summed E-state index contributed by atoms with van der Waals surface area (Å²) in [7, 11) is 1.61. The molecule has 0 aliphatic rings. The van der Waals surface area contributed by atoms with Crippen LogP contribution < -0.4 is 16.0 Å². The van der Waals surface area contributed by atoms with Gasteiger partial charge in [-0.15, -0.1) is 0 Å². The Bertz CT molecular complexity index is 432. The number of hydrogen-bond donors (Lipinski definition) is 3. The monoisotopic (exact) mass is 320 g/mol. The SMILES string of the molecule is COCCNCC(=O)NCCNc1ncc(Cl)cc1Cl. The molecule has 0 saturated heterocycles. The van der Waals surface area contributed by atoms with Gasteiger partial charge >= 0.3 is 0 Å². The fraction of sp³-hybridized carbons (Fsp3) is 0.500. The minimum atomic E-state index is -0.0712. The molecular formula is C12H18Cl2N4O2. The standard InChI is InChI=1S/C12H18Cl2N4O2/c1-20-5-4-15-8-11(19)16-2-3-17-12-10(14)6-9(13)7-18-12/h6-7,15H,2-5,8H2,1H3,(H,16,19)(H,17,18). The zero-order valence-electron chi connectivity index (χ0n) is 11.2. The van der Waals surface area contributed by atoms with Gasteiger partial charge in [0.15, 0.2) is 0 Å². The lowest BCUT2D eigenvalue weighted by atomic mass is 10.4. The van der Waals surface area contributed by atoms with E-state index in [0.717, 1.165) is 0 Å². The molecule has 0 spiro atoms. The molecule has 0 aromatic carbocycles. The summed E-state index contributed by atoms with van der Waals surface area (Å²) in [6, 6.07) is 1.61. The highest BCUT2D eigenvalue weighted by molar-refractivity contribution is 6.35. The van der Waals surface area contributed by atoms with Gasteiger partial charge in [-0.05, 0) is 6.07 Å². The molecule has 0 atom stereocenters. The van der Waals surface area contributed by atoms with E-state index < -0.39 is 0 Å². The van der Waals surface area contributed by atoms with Gasteiger partial charge < -0.3 is 20.7 Å². The van der Waals surface area contributed by atoms with Crippen molar-refractivity contribution < 1.29 is 9.53 Å². The number of ether oxygens (including phenoxy) is 1. The first kappa shape index (κ1) is 17.0. The molecule has 0 fully saturated rings. The van der Waals surface area contributed by atoms with Crippen LogP contribution >= 0.6 is 23.2 Å². The number of methoxy groups -OCH3 is 1.